The summed E-state index contributed by atoms with van der Waals surface area (Å²) < 4.78 is 6.09. The molecule has 0 radical (unpaired) electrons. The van der Waals surface area contributed by atoms with Crippen molar-refractivity contribution in [3.63, 3.8) is 0 Å². The maximum atomic E-state index is 6.09. The van der Waals surface area contributed by atoms with E-state index >= 15 is 0 Å². The summed E-state index contributed by atoms with van der Waals surface area (Å²) in [7, 11) is 0. The van der Waals surface area contributed by atoms with Gasteiger partial charge in [0.05, 0.1) is 13.2 Å². The fourth-order valence-corrected chi connectivity index (χ4v) is 8.00. The molecule has 0 aromatic carbocycles. The van der Waals surface area contributed by atoms with E-state index in [9.17, 15) is 0 Å². The van der Waals surface area contributed by atoms with Crippen LogP contribution in [0.2, 0.25) is 0 Å². The molecule has 0 heterocycles. The first-order valence-corrected chi connectivity index (χ1v) is 17.1. The Bertz CT molecular complexity index is 615. The van der Waals surface area contributed by atoms with Crippen molar-refractivity contribution in [1.82, 2.24) is 0 Å². The van der Waals surface area contributed by atoms with Gasteiger partial charge in [0.1, 0.15) is 0 Å². The van der Waals surface area contributed by atoms with Crippen LogP contribution in [0.5, 0.6) is 0 Å². The zero-order valence-corrected chi connectivity index (χ0v) is 25.0. The smallest absolute Gasteiger partial charge is 0.0503 e. The summed E-state index contributed by atoms with van der Waals surface area (Å²) in [6.45, 7) is 6.75. The third kappa shape index (κ3) is 11.2. The van der Waals surface area contributed by atoms with Gasteiger partial charge in [0.25, 0.3) is 0 Å². The monoisotopic (exact) mass is 510 g/mol. The molecule has 1 nitrogen and oxygen atoms in total. The third-order valence-corrected chi connectivity index (χ3v) is 11.1. The first kappa shape index (κ1) is 29.4. The summed E-state index contributed by atoms with van der Waals surface area (Å²) in [5.41, 5.74) is 3.36. The van der Waals surface area contributed by atoms with Crippen molar-refractivity contribution in [2.75, 3.05) is 13.2 Å². The highest BCUT2D eigenvalue weighted by Crippen LogP contribution is 2.35. The average Bonchev–Trinajstić information content (AvgIpc) is 2.92. The lowest BCUT2D eigenvalue weighted by Crippen LogP contribution is -2.13. The molecule has 0 amide bonds. The molecule has 4 aliphatic carbocycles. The van der Waals surface area contributed by atoms with E-state index in [0.717, 1.165) is 48.7 Å². The minimum absolute atomic E-state index is 0.937. The molecule has 0 N–H and O–H groups in total. The standard InChI is InChI=1S/C36H62O/c1-29-9-13-31(14-10-29)5-3-7-33-17-21-35(22-18-33)25-27-37-28-26-36-23-19-34(20-24-36)8-4-6-32-15-11-30(2)12-16-32/h21,23,29-34H,3-20,22,24-28H2,1-2H3. The molecule has 37 heavy (non-hydrogen) atoms. The molecule has 2 saturated carbocycles. The van der Waals surface area contributed by atoms with E-state index in [1.54, 1.807) is 11.1 Å². The van der Waals surface area contributed by atoms with E-state index in [1.165, 1.54) is 141 Å². The van der Waals surface area contributed by atoms with Crippen LogP contribution in [0.4, 0.5) is 0 Å². The Balaban J connectivity index is 0.971. The van der Waals surface area contributed by atoms with E-state index in [4.69, 9.17) is 4.74 Å². The van der Waals surface area contributed by atoms with Crippen molar-refractivity contribution in [1.29, 1.82) is 0 Å². The molecule has 0 saturated heterocycles. The fraction of sp³-hybridized carbons (Fsp3) is 0.889. The Morgan fingerprint density at radius 3 is 1.32 bits per heavy atom. The van der Waals surface area contributed by atoms with Crippen LogP contribution in [0.25, 0.3) is 0 Å². The van der Waals surface area contributed by atoms with Crippen molar-refractivity contribution in [2.45, 2.75) is 155 Å². The Kier molecular flexibility index (Phi) is 13.1. The number of rotatable bonds is 14. The summed E-state index contributed by atoms with van der Waals surface area (Å²) in [5.74, 6) is 6.01. The van der Waals surface area contributed by atoms with Crippen LogP contribution in [0.3, 0.4) is 0 Å². The molecule has 2 atom stereocenters. The van der Waals surface area contributed by atoms with Gasteiger partial charge in [0.15, 0.2) is 0 Å². The highest BCUT2D eigenvalue weighted by Gasteiger charge is 2.21. The second-order valence-corrected chi connectivity index (χ2v) is 14.2. The summed E-state index contributed by atoms with van der Waals surface area (Å²) in [6, 6.07) is 0. The normalized spacial score (nSPS) is 33.1. The van der Waals surface area contributed by atoms with Gasteiger partial charge in [0, 0.05) is 0 Å². The lowest BCUT2D eigenvalue weighted by molar-refractivity contribution is 0.138. The van der Waals surface area contributed by atoms with Gasteiger partial charge in [-0.15, -0.1) is 0 Å². The minimum atomic E-state index is 0.937. The molecule has 0 spiro atoms. The second-order valence-electron chi connectivity index (χ2n) is 14.2. The van der Waals surface area contributed by atoms with Gasteiger partial charge in [-0.25, -0.2) is 0 Å². The zero-order valence-electron chi connectivity index (χ0n) is 25.0. The third-order valence-electron chi connectivity index (χ3n) is 11.1. The van der Waals surface area contributed by atoms with Crippen LogP contribution in [0.1, 0.15) is 155 Å². The molecular formula is C36H62O. The van der Waals surface area contributed by atoms with Crippen LogP contribution in [-0.4, -0.2) is 13.2 Å². The van der Waals surface area contributed by atoms with Crippen LogP contribution in [0, 0.1) is 35.5 Å². The highest BCUT2D eigenvalue weighted by atomic mass is 16.5. The maximum Gasteiger partial charge on any atom is 0.0503 e. The van der Waals surface area contributed by atoms with Gasteiger partial charge in [-0.1, -0.05) is 127 Å². The number of allylic oxidation sites excluding steroid dienone is 2. The van der Waals surface area contributed by atoms with Crippen molar-refractivity contribution < 1.29 is 4.74 Å². The highest BCUT2D eigenvalue weighted by molar-refractivity contribution is 5.07. The fourth-order valence-electron chi connectivity index (χ4n) is 8.00. The van der Waals surface area contributed by atoms with Crippen molar-refractivity contribution in [3.05, 3.63) is 23.3 Å². The van der Waals surface area contributed by atoms with Crippen molar-refractivity contribution in [3.8, 4) is 0 Å². The van der Waals surface area contributed by atoms with E-state index in [0.29, 0.717) is 0 Å². The molecule has 0 bridgehead atoms. The SMILES string of the molecule is CC1CCC(CCCC2CC=C(CCOCCC3=CCC(CCCC4CCC(C)CC4)CC3)CC2)CC1. The Hall–Kier alpha value is -0.560. The molecule has 1 heteroatoms. The number of hydrogen-bond acceptors (Lipinski definition) is 1. The molecule has 0 aliphatic heterocycles. The first-order chi connectivity index (χ1) is 18.1. The molecule has 4 rings (SSSR count). The van der Waals surface area contributed by atoms with E-state index in [1.807, 2.05) is 0 Å². The zero-order chi connectivity index (χ0) is 25.7. The van der Waals surface area contributed by atoms with E-state index in [-0.39, 0.29) is 0 Å². The summed E-state index contributed by atoms with van der Waals surface area (Å²) in [4.78, 5) is 0. The molecule has 2 unspecified atom stereocenters. The van der Waals surface area contributed by atoms with Gasteiger partial charge in [-0.2, -0.15) is 0 Å². The topological polar surface area (TPSA) is 9.23 Å². The predicted molar refractivity (Wildman–Crippen MR) is 161 cm³/mol. The van der Waals surface area contributed by atoms with Crippen molar-refractivity contribution in [2.24, 2.45) is 35.5 Å². The maximum absolute atomic E-state index is 6.09. The van der Waals surface area contributed by atoms with Gasteiger partial charge < -0.3 is 4.74 Å². The van der Waals surface area contributed by atoms with E-state index in [2.05, 4.69) is 26.0 Å². The second kappa shape index (κ2) is 16.5. The Morgan fingerprint density at radius 1 is 0.541 bits per heavy atom. The largest absolute Gasteiger partial charge is 0.381 e. The number of hydrogen-bond donors (Lipinski definition) is 0. The molecule has 0 aromatic heterocycles. The molecule has 0 aromatic rings. The first-order valence-electron chi connectivity index (χ1n) is 17.1. The van der Waals surface area contributed by atoms with Crippen LogP contribution in [0.15, 0.2) is 23.3 Å². The number of ether oxygens (including phenoxy) is 1. The predicted octanol–water partition coefficient (Wildman–Crippen LogP) is 11.2. The summed E-state index contributed by atoms with van der Waals surface area (Å²) in [5, 5.41) is 0. The lowest BCUT2D eigenvalue weighted by atomic mass is 9.79. The summed E-state index contributed by atoms with van der Waals surface area (Å²) in [6.07, 6.45) is 36.6. The molecular weight excluding hydrogens is 448 g/mol. The van der Waals surface area contributed by atoms with Gasteiger partial charge in [-0.3, -0.25) is 0 Å². The van der Waals surface area contributed by atoms with Crippen LogP contribution < -0.4 is 0 Å². The van der Waals surface area contributed by atoms with Crippen LogP contribution >= 0.6 is 0 Å². The quantitative estimate of drug-likeness (QED) is 0.167. The van der Waals surface area contributed by atoms with Crippen LogP contribution in [-0.2, 0) is 4.74 Å². The molecule has 212 valence electrons. The van der Waals surface area contributed by atoms with Gasteiger partial charge >= 0.3 is 0 Å². The molecule has 4 aliphatic rings. The molecule has 2 fully saturated rings. The van der Waals surface area contributed by atoms with Gasteiger partial charge in [-0.05, 0) is 86.9 Å². The average molecular weight is 511 g/mol. The Morgan fingerprint density at radius 2 is 0.946 bits per heavy atom. The lowest BCUT2D eigenvalue weighted by Gasteiger charge is -2.27. The Labute approximate surface area is 231 Å². The van der Waals surface area contributed by atoms with Gasteiger partial charge in [0.2, 0.25) is 0 Å². The van der Waals surface area contributed by atoms with Crippen molar-refractivity contribution >= 4 is 0 Å². The minimum Gasteiger partial charge on any atom is -0.381 e. The summed E-state index contributed by atoms with van der Waals surface area (Å²) >= 11 is 0. The van der Waals surface area contributed by atoms with E-state index < -0.39 is 0 Å².